The van der Waals surface area contributed by atoms with E-state index in [-0.39, 0.29) is 11.9 Å². The first kappa shape index (κ1) is 14.1. The monoisotopic (exact) mass is 321 g/mol. The van der Waals surface area contributed by atoms with Crippen LogP contribution in [0.3, 0.4) is 0 Å². The van der Waals surface area contributed by atoms with Crippen LogP contribution in [0.1, 0.15) is 16.7 Å². The smallest absolute Gasteiger partial charge is 0.136 e. The van der Waals surface area contributed by atoms with E-state index in [4.69, 9.17) is 11.6 Å². The number of nitrogens with one attached hydrogen (secondary N) is 1. The molecule has 2 aromatic heterocycles. The molecule has 108 valence electrons. The third kappa shape index (κ3) is 2.94. The molecule has 0 saturated carbocycles. The highest BCUT2D eigenvalue weighted by Crippen LogP contribution is 2.32. The molecule has 0 amide bonds. The number of aromatic nitrogens is 2. The van der Waals surface area contributed by atoms with Crippen molar-refractivity contribution in [3.63, 3.8) is 0 Å². The van der Waals surface area contributed by atoms with Gasteiger partial charge in [-0.1, -0.05) is 17.7 Å². The molecule has 0 aliphatic carbocycles. The second-order valence-electron chi connectivity index (χ2n) is 4.61. The fourth-order valence-corrected chi connectivity index (χ4v) is 3.08. The second-order valence-corrected chi connectivity index (χ2v) is 6.00. The maximum Gasteiger partial charge on any atom is 0.136 e. The van der Waals surface area contributed by atoms with Crippen LogP contribution in [0, 0.1) is 5.82 Å². The van der Waals surface area contributed by atoms with Gasteiger partial charge in [-0.15, -0.1) is 11.3 Å². The molecule has 21 heavy (non-hydrogen) atoms. The number of hydrogen-bond donors (Lipinski definition) is 1. The largest absolute Gasteiger partial charge is 0.370 e. The summed E-state index contributed by atoms with van der Waals surface area (Å²) < 4.78 is 15.4. The fraction of sp³-hybridized carbons (Fsp3) is 0.133. The van der Waals surface area contributed by atoms with Crippen molar-refractivity contribution < 1.29 is 4.39 Å². The first-order chi connectivity index (χ1) is 10.1. The van der Waals surface area contributed by atoms with Gasteiger partial charge in [-0.3, -0.25) is 0 Å². The zero-order valence-electron chi connectivity index (χ0n) is 11.3. The topological polar surface area (TPSA) is 29.9 Å². The minimum Gasteiger partial charge on any atom is -0.370 e. The van der Waals surface area contributed by atoms with Gasteiger partial charge in [0, 0.05) is 24.3 Å². The average Bonchev–Trinajstić information content (AvgIpc) is 3.11. The van der Waals surface area contributed by atoms with E-state index in [2.05, 4.69) is 10.3 Å². The Bertz CT molecular complexity index is 739. The van der Waals surface area contributed by atoms with Gasteiger partial charge in [0.25, 0.3) is 0 Å². The highest BCUT2D eigenvalue weighted by molar-refractivity contribution is 7.10. The Hall–Kier alpha value is -1.85. The summed E-state index contributed by atoms with van der Waals surface area (Å²) in [6, 6.07) is 8.10. The van der Waals surface area contributed by atoms with Gasteiger partial charge < -0.3 is 9.88 Å². The lowest BCUT2D eigenvalue weighted by molar-refractivity contribution is 0.628. The highest BCUT2D eigenvalue weighted by Gasteiger charge is 2.20. The molecule has 0 saturated heterocycles. The molecule has 1 aromatic carbocycles. The molecule has 3 aromatic rings. The zero-order chi connectivity index (χ0) is 14.8. The standard InChI is InChI=1S/C15H13ClFN3S/c1-20-7-6-18-15(20)14(13-3-2-8-21-13)19-12-9-10(17)4-5-11(12)16/h2-9,14,19H,1H3. The fourth-order valence-electron chi connectivity index (χ4n) is 2.14. The summed E-state index contributed by atoms with van der Waals surface area (Å²) in [5.41, 5.74) is 0.554. The molecule has 0 aliphatic heterocycles. The molecule has 0 bridgehead atoms. The number of imidazole rings is 1. The normalized spacial score (nSPS) is 12.3. The molecule has 6 heteroatoms. The second kappa shape index (κ2) is 5.87. The van der Waals surface area contributed by atoms with Crippen LogP contribution in [0.2, 0.25) is 5.02 Å². The van der Waals surface area contributed by atoms with E-state index in [0.717, 1.165) is 10.7 Å². The van der Waals surface area contributed by atoms with Crippen LogP contribution in [0.4, 0.5) is 10.1 Å². The van der Waals surface area contributed by atoms with Crippen molar-refractivity contribution in [2.45, 2.75) is 6.04 Å². The number of benzene rings is 1. The van der Waals surface area contributed by atoms with Gasteiger partial charge in [0.1, 0.15) is 17.7 Å². The Kier molecular flexibility index (Phi) is 3.94. The van der Waals surface area contributed by atoms with E-state index in [1.807, 2.05) is 35.3 Å². The average molecular weight is 322 g/mol. The summed E-state index contributed by atoms with van der Waals surface area (Å²) in [5, 5.41) is 5.77. The van der Waals surface area contributed by atoms with Crippen LogP contribution in [0.5, 0.6) is 0 Å². The zero-order valence-corrected chi connectivity index (χ0v) is 12.8. The van der Waals surface area contributed by atoms with Crippen molar-refractivity contribution in [1.82, 2.24) is 9.55 Å². The molecule has 0 spiro atoms. The van der Waals surface area contributed by atoms with Gasteiger partial charge in [-0.05, 0) is 29.6 Å². The number of nitrogens with zero attached hydrogens (tertiary/aromatic N) is 2. The number of rotatable bonds is 4. The maximum absolute atomic E-state index is 13.4. The van der Waals surface area contributed by atoms with E-state index in [1.54, 1.807) is 23.6 Å². The van der Waals surface area contributed by atoms with Crippen molar-refractivity contribution in [3.05, 3.63) is 69.6 Å². The predicted molar refractivity (Wildman–Crippen MR) is 84.4 cm³/mol. The summed E-state index contributed by atoms with van der Waals surface area (Å²) in [6.07, 6.45) is 3.62. The van der Waals surface area contributed by atoms with E-state index in [9.17, 15) is 4.39 Å². The number of hydrogen-bond acceptors (Lipinski definition) is 3. The lowest BCUT2D eigenvalue weighted by Crippen LogP contribution is -2.16. The Balaban J connectivity index is 2.01. The number of aryl methyl sites for hydroxylation is 1. The molecule has 0 radical (unpaired) electrons. The van der Waals surface area contributed by atoms with Crippen molar-refractivity contribution in [2.75, 3.05) is 5.32 Å². The van der Waals surface area contributed by atoms with Gasteiger partial charge >= 0.3 is 0 Å². The van der Waals surface area contributed by atoms with Gasteiger partial charge in [0.05, 0.1) is 10.7 Å². The Morgan fingerprint density at radius 1 is 1.38 bits per heavy atom. The first-order valence-electron chi connectivity index (χ1n) is 6.37. The van der Waals surface area contributed by atoms with Gasteiger partial charge in [0.15, 0.2) is 0 Å². The first-order valence-corrected chi connectivity index (χ1v) is 7.63. The van der Waals surface area contributed by atoms with Gasteiger partial charge in [-0.25, -0.2) is 9.37 Å². The lowest BCUT2D eigenvalue weighted by Gasteiger charge is -2.19. The van der Waals surface area contributed by atoms with Crippen molar-refractivity contribution in [3.8, 4) is 0 Å². The van der Waals surface area contributed by atoms with Crippen LogP contribution < -0.4 is 5.32 Å². The molecule has 0 fully saturated rings. The number of halogens is 2. The predicted octanol–water partition coefficient (Wildman–Crippen LogP) is 4.48. The van der Waals surface area contributed by atoms with Crippen molar-refractivity contribution in [1.29, 1.82) is 0 Å². The third-order valence-electron chi connectivity index (χ3n) is 3.17. The molecular formula is C15H13ClFN3S. The minimum absolute atomic E-state index is 0.177. The van der Waals surface area contributed by atoms with Crippen LogP contribution in [0.25, 0.3) is 0 Å². The Labute approximate surface area is 131 Å². The third-order valence-corrected chi connectivity index (χ3v) is 4.44. The number of anilines is 1. The molecule has 1 atom stereocenters. The Morgan fingerprint density at radius 3 is 2.90 bits per heavy atom. The van der Waals surface area contributed by atoms with Crippen molar-refractivity contribution >= 4 is 28.6 Å². The van der Waals surface area contributed by atoms with E-state index < -0.39 is 0 Å². The summed E-state index contributed by atoms with van der Waals surface area (Å²) in [6.45, 7) is 0. The molecular weight excluding hydrogens is 309 g/mol. The molecule has 1 unspecified atom stereocenters. The molecule has 3 rings (SSSR count). The summed E-state index contributed by atoms with van der Waals surface area (Å²) in [5.74, 6) is 0.518. The van der Waals surface area contributed by atoms with E-state index in [0.29, 0.717) is 10.7 Å². The summed E-state index contributed by atoms with van der Waals surface area (Å²) >= 11 is 7.76. The van der Waals surface area contributed by atoms with E-state index in [1.165, 1.54) is 12.1 Å². The van der Waals surface area contributed by atoms with Gasteiger partial charge in [-0.2, -0.15) is 0 Å². The van der Waals surface area contributed by atoms with Crippen LogP contribution in [0.15, 0.2) is 48.1 Å². The Morgan fingerprint density at radius 2 is 2.24 bits per heavy atom. The van der Waals surface area contributed by atoms with Gasteiger partial charge in [0.2, 0.25) is 0 Å². The molecule has 0 aliphatic rings. The van der Waals surface area contributed by atoms with Crippen molar-refractivity contribution in [2.24, 2.45) is 7.05 Å². The minimum atomic E-state index is -0.327. The summed E-state index contributed by atoms with van der Waals surface area (Å²) in [7, 11) is 1.93. The van der Waals surface area contributed by atoms with E-state index >= 15 is 0 Å². The lowest BCUT2D eigenvalue weighted by atomic mass is 10.2. The summed E-state index contributed by atoms with van der Waals surface area (Å²) in [4.78, 5) is 5.48. The number of thiophene rings is 1. The highest BCUT2D eigenvalue weighted by atomic mass is 35.5. The molecule has 3 nitrogen and oxygen atoms in total. The molecule has 1 N–H and O–H groups in total. The van der Waals surface area contributed by atoms with Crippen LogP contribution in [-0.2, 0) is 7.05 Å². The van der Waals surface area contributed by atoms with Crippen LogP contribution >= 0.6 is 22.9 Å². The van der Waals surface area contributed by atoms with Crippen LogP contribution in [-0.4, -0.2) is 9.55 Å². The molecule has 2 heterocycles. The quantitative estimate of drug-likeness (QED) is 0.768. The SMILES string of the molecule is Cn1ccnc1C(Nc1cc(F)ccc1Cl)c1cccs1. The maximum atomic E-state index is 13.4.